The Balaban J connectivity index is 1.81. The lowest BCUT2D eigenvalue weighted by molar-refractivity contribution is -0.386. The fourth-order valence-corrected chi connectivity index (χ4v) is 4.75. The first-order chi connectivity index (χ1) is 11.9. The van der Waals surface area contributed by atoms with Crippen LogP contribution in [0.3, 0.4) is 0 Å². The summed E-state index contributed by atoms with van der Waals surface area (Å²) in [7, 11) is -2.51. The lowest BCUT2D eigenvalue weighted by Crippen LogP contribution is -2.48. The summed E-state index contributed by atoms with van der Waals surface area (Å²) >= 11 is 1.50. The summed E-state index contributed by atoms with van der Waals surface area (Å²) in [5.41, 5.74) is -0.370. The second kappa shape index (κ2) is 6.94. The topological polar surface area (TPSA) is 106 Å². The van der Waals surface area contributed by atoms with Crippen molar-refractivity contribution in [2.24, 2.45) is 0 Å². The van der Waals surface area contributed by atoms with Crippen LogP contribution in [0.4, 0.5) is 10.8 Å². The molecule has 2 aromatic rings. The summed E-state index contributed by atoms with van der Waals surface area (Å²) in [6.45, 7) is 1.62. The van der Waals surface area contributed by atoms with Gasteiger partial charge in [-0.25, -0.2) is 13.4 Å². The number of nitro benzene ring substituents is 1. The molecule has 1 fully saturated rings. The smallest absolute Gasteiger partial charge is 0.312 e. The van der Waals surface area contributed by atoms with Gasteiger partial charge in [-0.3, -0.25) is 10.1 Å². The van der Waals surface area contributed by atoms with Crippen molar-refractivity contribution in [2.75, 3.05) is 38.2 Å². The minimum absolute atomic E-state index is 0.0255. The van der Waals surface area contributed by atoms with Crippen molar-refractivity contribution >= 4 is 32.2 Å². The number of ether oxygens (including phenoxy) is 1. The molecule has 0 radical (unpaired) electrons. The first kappa shape index (κ1) is 17.6. The molecule has 3 rings (SSSR count). The highest BCUT2D eigenvalue weighted by Crippen LogP contribution is 2.31. The summed E-state index contributed by atoms with van der Waals surface area (Å²) in [6.07, 6.45) is 1.71. The number of sulfonamides is 1. The molecule has 9 nitrogen and oxygen atoms in total. The Morgan fingerprint density at radius 2 is 2.00 bits per heavy atom. The highest BCUT2D eigenvalue weighted by atomic mass is 32.2. The summed E-state index contributed by atoms with van der Waals surface area (Å²) in [4.78, 5) is 16.6. The average Bonchev–Trinajstić information content (AvgIpc) is 3.15. The van der Waals surface area contributed by atoms with Crippen LogP contribution >= 0.6 is 11.3 Å². The normalized spacial score (nSPS) is 16.0. The highest BCUT2D eigenvalue weighted by molar-refractivity contribution is 7.89. The molecule has 0 spiro atoms. The van der Waals surface area contributed by atoms with Gasteiger partial charge in [0.15, 0.2) is 10.9 Å². The van der Waals surface area contributed by atoms with Crippen LogP contribution in [0.15, 0.2) is 34.7 Å². The Morgan fingerprint density at radius 3 is 2.56 bits per heavy atom. The summed E-state index contributed by atoms with van der Waals surface area (Å²) < 4.78 is 31.8. The maximum atomic E-state index is 12.8. The van der Waals surface area contributed by atoms with Crippen molar-refractivity contribution in [3.8, 4) is 5.75 Å². The number of nitro groups is 1. The number of nitrogens with zero attached hydrogens (tertiary/aromatic N) is 4. The molecule has 0 bridgehead atoms. The van der Waals surface area contributed by atoms with Gasteiger partial charge in [-0.2, -0.15) is 4.31 Å². The van der Waals surface area contributed by atoms with Crippen LogP contribution < -0.4 is 9.64 Å². The molecule has 1 aromatic carbocycles. The molecule has 0 amide bonds. The SMILES string of the molecule is COc1ccc(S(=O)(=O)N2CCN(c3nccs3)CC2)cc1[N+](=O)[O-]. The van der Waals surface area contributed by atoms with Crippen molar-refractivity contribution in [3.05, 3.63) is 39.9 Å². The number of anilines is 1. The average molecular weight is 384 g/mol. The third kappa shape index (κ3) is 3.43. The van der Waals surface area contributed by atoms with Gasteiger partial charge in [0, 0.05) is 43.8 Å². The third-order valence-electron chi connectivity index (χ3n) is 3.91. The van der Waals surface area contributed by atoms with Crippen LogP contribution in [0.25, 0.3) is 0 Å². The standard InChI is InChI=1S/C14H16N4O5S2/c1-23-13-3-2-11(10-12(13)18(19)20)25(21,22)17-7-5-16(6-8-17)14-15-4-9-24-14/h2-4,9-10H,5-8H2,1H3. The molecule has 1 saturated heterocycles. The first-order valence-electron chi connectivity index (χ1n) is 7.40. The Bertz CT molecular complexity index is 861. The Morgan fingerprint density at radius 1 is 1.28 bits per heavy atom. The van der Waals surface area contributed by atoms with E-state index in [1.54, 1.807) is 6.20 Å². The van der Waals surface area contributed by atoms with Gasteiger partial charge in [-0.1, -0.05) is 0 Å². The van der Waals surface area contributed by atoms with Gasteiger partial charge in [0.05, 0.1) is 16.9 Å². The van der Waals surface area contributed by atoms with Crippen LogP contribution in [0.1, 0.15) is 0 Å². The number of thiazole rings is 1. The van der Waals surface area contributed by atoms with Gasteiger partial charge >= 0.3 is 5.69 Å². The molecule has 2 heterocycles. The first-order valence-corrected chi connectivity index (χ1v) is 9.72. The van der Waals surface area contributed by atoms with Gasteiger partial charge in [-0.15, -0.1) is 11.3 Å². The maximum absolute atomic E-state index is 12.8. The van der Waals surface area contributed by atoms with Crippen molar-refractivity contribution < 1.29 is 18.1 Å². The van der Waals surface area contributed by atoms with Crippen molar-refractivity contribution in [1.29, 1.82) is 0 Å². The molecule has 11 heteroatoms. The minimum Gasteiger partial charge on any atom is -0.490 e. The molecule has 0 atom stereocenters. The molecular formula is C14H16N4O5S2. The Hall–Kier alpha value is -2.24. The van der Waals surface area contributed by atoms with E-state index in [-0.39, 0.29) is 16.3 Å². The van der Waals surface area contributed by atoms with E-state index in [4.69, 9.17) is 4.74 Å². The number of rotatable bonds is 5. The number of hydrogen-bond acceptors (Lipinski definition) is 8. The van der Waals surface area contributed by atoms with Gasteiger partial charge in [0.2, 0.25) is 10.0 Å². The number of methoxy groups -OCH3 is 1. The van der Waals surface area contributed by atoms with E-state index in [0.29, 0.717) is 26.2 Å². The van der Waals surface area contributed by atoms with Crippen LogP contribution in [-0.2, 0) is 10.0 Å². The largest absolute Gasteiger partial charge is 0.490 e. The summed E-state index contributed by atoms with van der Waals surface area (Å²) in [5.74, 6) is 0.0255. The number of piperazine rings is 1. The van der Waals surface area contributed by atoms with Crippen molar-refractivity contribution in [2.45, 2.75) is 4.90 Å². The van der Waals surface area contributed by atoms with Crippen LogP contribution in [-0.4, -0.2) is 55.9 Å². The molecule has 0 N–H and O–H groups in total. The van der Waals surface area contributed by atoms with E-state index in [1.807, 2.05) is 10.3 Å². The fourth-order valence-electron chi connectivity index (χ4n) is 2.61. The number of aromatic nitrogens is 1. The zero-order valence-corrected chi connectivity index (χ0v) is 15.0. The van der Waals surface area contributed by atoms with Crippen LogP contribution in [0, 0.1) is 10.1 Å². The second-order valence-corrected chi connectivity index (χ2v) is 8.11. The van der Waals surface area contributed by atoms with E-state index >= 15 is 0 Å². The quantitative estimate of drug-likeness (QED) is 0.569. The summed E-state index contributed by atoms with van der Waals surface area (Å²) in [5, 5.41) is 13.8. The predicted octanol–water partition coefficient (Wildman–Crippen LogP) is 1.57. The fraction of sp³-hybridized carbons (Fsp3) is 0.357. The molecule has 134 valence electrons. The van der Waals surface area contributed by atoms with E-state index < -0.39 is 14.9 Å². The van der Waals surface area contributed by atoms with E-state index in [2.05, 4.69) is 4.98 Å². The molecule has 0 saturated carbocycles. The van der Waals surface area contributed by atoms with Crippen LogP contribution in [0.5, 0.6) is 5.75 Å². The Labute approximate surface area is 148 Å². The highest BCUT2D eigenvalue weighted by Gasteiger charge is 2.31. The van der Waals surface area contributed by atoms with E-state index in [0.717, 1.165) is 11.2 Å². The molecule has 0 unspecified atom stereocenters. The molecule has 25 heavy (non-hydrogen) atoms. The summed E-state index contributed by atoms with van der Waals surface area (Å²) in [6, 6.07) is 3.67. The van der Waals surface area contributed by atoms with E-state index in [1.165, 1.54) is 34.9 Å². The molecule has 1 aromatic heterocycles. The van der Waals surface area contributed by atoms with Gasteiger partial charge in [0.1, 0.15) is 0 Å². The molecule has 1 aliphatic rings. The van der Waals surface area contributed by atoms with Gasteiger partial charge in [0.25, 0.3) is 0 Å². The third-order valence-corrected chi connectivity index (χ3v) is 6.64. The maximum Gasteiger partial charge on any atom is 0.312 e. The van der Waals surface area contributed by atoms with E-state index in [9.17, 15) is 18.5 Å². The number of benzene rings is 1. The van der Waals surface area contributed by atoms with Crippen molar-refractivity contribution in [3.63, 3.8) is 0 Å². The lowest BCUT2D eigenvalue weighted by atomic mass is 10.3. The van der Waals surface area contributed by atoms with Crippen molar-refractivity contribution in [1.82, 2.24) is 9.29 Å². The minimum atomic E-state index is -3.81. The molecule has 0 aliphatic carbocycles. The van der Waals surface area contributed by atoms with Gasteiger partial charge in [-0.05, 0) is 12.1 Å². The number of hydrogen-bond donors (Lipinski definition) is 0. The zero-order valence-electron chi connectivity index (χ0n) is 13.4. The van der Waals surface area contributed by atoms with Crippen LogP contribution in [0.2, 0.25) is 0 Å². The monoisotopic (exact) mass is 384 g/mol. The Kier molecular flexibility index (Phi) is 4.88. The predicted molar refractivity (Wildman–Crippen MR) is 92.7 cm³/mol. The zero-order chi connectivity index (χ0) is 18.0. The molecule has 1 aliphatic heterocycles. The molecular weight excluding hydrogens is 368 g/mol. The van der Waals surface area contributed by atoms with Gasteiger partial charge < -0.3 is 9.64 Å². The second-order valence-electron chi connectivity index (χ2n) is 5.30. The lowest BCUT2D eigenvalue weighted by Gasteiger charge is -2.33.